The van der Waals surface area contributed by atoms with E-state index in [9.17, 15) is 4.79 Å². The Balaban J connectivity index is 0.00000210. The zero-order chi connectivity index (χ0) is 17.8. The van der Waals surface area contributed by atoms with Crippen molar-refractivity contribution in [2.45, 2.75) is 44.6 Å². The zero-order valence-corrected chi connectivity index (χ0v) is 16.5. The van der Waals surface area contributed by atoms with Crippen LogP contribution in [0.4, 0.5) is 0 Å². The predicted molar refractivity (Wildman–Crippen MR) is 109 cm³/mol. The summed E-state index contributed by atoms with van der Waals surface area (Å²) in [5.41, 5.74) is 2.10. The normalized spacial score (nSPS) is 21.0. The molecule has 0 bridgehead atoms. The summed E-state index contributed by atoms with van der Waals surface area (Å²) >= 11 is 0. The highest BCUT2D eigenvalue weighted by molar-refractivity contribution is 5.92. The molecule has 1 atom stereocenters. The molecule has 146 valence electrons. The van der Waals surface area contributed by atoms with E-state index in [1.807, 2.05) is 16.9 Å². The molecule has 2 heterocycles. The number of hydrogen-bond acceptors (Lipinski definition) is 3. The van der Waals surface area contributed by atoms with Crippen molar-refractivity contribution in [2.75, 3.05) is 19.6 Å². The predicted octanol–water partition coefficient (Wildman–Crippen LogP) is 3.37. The van der Waals surface area contributed by atoms with Gasteiger partial charge in [-0.05, 0) is 55.7 Å². The van der Waals surface area contributed by atoms with Crippen LogP contribution in [0.15, 0.2) is 42.6 Å². The second kappa shape index (κ2) is 8.89. The first-order chi connectivity index (χ1) is 12.7. The van der Waals surface area contributed by atoms with Gasteiger partial charge in [0.15, 0.2) is 0 Å². The van der Waals surface area contributed by atoms with Crippen molar-refractivity contribution in [1.82, 2.24) is 20.4 Å². The molecule has 1 unspecified atom stereocenters. The molecule has 6 heteroatoms. The number of nitrogens with one attached hydrogen (secondary N) is 2. The van der Waals surface area contributed by atoms with Crippen molar-refractivity contribution in [3.63, 3.8) is 0 Å². The number of amides is 1. The Morgan fingerprint density at radius 2 is 2.04 bits per heavy atom. The van der Waals surface area contributed by atoms with Crippen molar-refractivity contribution in [2.24, 2.45) is 5.41 Å². The van der Waals surface area contributed by atoms with Gasteiger partial charge in [-0.1, -0.05) is 36.8 Å². The maximum Gasteiger partial charge on any atom is 0.271 e. The minimum atomic E-state index is -0.0492. The lowest BCUT2D eigenvalue weighted by Gasteiger charge is -2.42. The molecule has 1 aliphatic carbocycles. The molecule has 2 fully saturated rings. The molecule has 1 saturated carbocycles. The molecule has 5 nitrogen and oxygen atoms in total. The minimum Gasteiger partial charge on any atom is -0.350 e. The van der Waals surface area contributed by atoms with Crippen LogP contribution in [0.5, 0.6) is 0 Å². The first kappa shape index (κ1) is 19.9. The summed E-state index contributed by atoms with van der Waals surface area (Å²) in [7, 11) is 0. The van der Waals surface area contributed by atoms with Crippen molar-refractivity contribution >= 4 is 18.3 Å². The molecule has 0 spiro atoms. The topological polar surface area (TPSA) is 59.0 Å². The molecule has 27 heavy (non-hydrogen) atoms. The van der Waals surface area contributed by atoms with Crippen LogP contribution in [0.2, 0.25) is 0 Å². The van der Waals surface area contributed by atoms with Gasteiger partial charge in [-0.3, -0.25) is 9.48 Å². The second-order valence-electron chi connectivity index (χ2n) is 7.88. The van der Waals surface area contributed by atoms with Crippen LogP contribution in [0.25, 0.3) is 0 Å². The molecule has 1 amide bonds. The van der Waals surface area contributed by atoms with Crippen molar-refractivity contribution in [3.05, 3.63) is 53.9 Å². The van der Waals surface area contributed by atoms with E-state index in [4.69, 9.17) is 0 Å². The van der Waals surface area contributed by atoms with Gasteiger partial charge in [-0.2, -0.15) is 5.10 Å². The molecule has 1 aromatic carbocycles. The largest absolute Gasteiger partial charge is 0.350 e. The summed E-state index contributed by atoms with van der Waals surface area (Å²) in [6, 6.07) is 12.8. The highest BCUT2D eigenvalue weighted by Crippen LogP contribution is 2.43. The van der Waals surface area contributed by atoms with Gasteiger partial charge in [0, 0.05) is 19.3 Å². The summed E-state index contributed by atoms with van der Waals surface area (Å²) in [5.74, 6) is -0.0492. The number of benzene rings is 1. The fraction of sp³-hybridized carbons (Fsp3) is 0.524. The van der Waals surface area contributed by atoms with Crippen LogP contribution in [-0.2, 0) is 6.42 Å². The van der Waals surface area contributed by atoms with Gasteiger partial charge in [0.25, 0.3) is 5.91 Å². The van der Waals surface area contributed by atoms with Gasteiger partial charge in [-0.25, -0.2) is 0 Å². The van der Waals surface area contributed by atoms with Crippen LogP contribution in [-0.4, -0.2) is 35.3 Å². The minimum absolute atomic E-state index is 0. The SMILES string of the molecule is Cl.O=C(NCC1(Cc2ccccc2)CCC1)c1ccn(C2CCCNC2)n1. The molecule has 1 aliphatic heterocycles. The van der Waals surface area contributed by atoms with E-state index in [0.717, 1.165) is 38.9 Å². The van der Waals surface area contributed by atoms with Gasteiger partial charge in [-0.15, -0.1) is 12.4 Å². The third-order valence-electron chi connectivity index (χ3n) is 5.95. The van der Waals surface area contributed by atoms with Gasteiger partial charge in [0.05, 0.1) is 6.04 Å². The summed E-state index contributed by atoms with van der Waals surface area (Å²) in [6.45, 7) is 2.75. The first-order valence-electron chi connectivity index (χ1n) is 9.82. The zero-order valence-electron chi connectivity index (χ0n) is 15.7. The third-order valence-corrected chi connectivity index (χ3v) is 5.95. The number of carbonyl (C=O) groups excluding carboxylic acids is 1. The number of rotatable bonds is 6. The Hall–Kier alpha value is -1.85. The highest BCUT2D eigenvalue weighted by Gasteiger charge is 2.37. The molecule has 4 rings (SSSR count). The summed E-state index contributed by atoms with van der Waals surface area (Å²) in [6.07, 6.45) is 8.89. The molecular weight excluding hydrogens is 360 g/mol. The quantitative estimate of drug-likeness (QED) is 0.797. The van der Waals surface area contributed by atoms with Gasteiger partial charge < -0.3 is 10.6 Å². The monoisotopic (exact) mass is 388 g/mol. The number of hydrogen-bond donors (Lipinski definition) is 2. The van der Waals surface area contributed by atoms with Crippen molar-refractivity contribution < 1.29 is 4.79 Å². The van der Waals surface area contributed by atoms with E-state index in [1.165, 1.54) is 24.8 Å². The van der Waals surface area contributed by atoms with Crippen LogP contribution in [0.1, 0.15) is 54.2 Å². The van der Waals surface area contributed by atoms with Gasteiger partial charge in [0.1, 0.15) is 5.69 Å². The maximum absolute atomic E-state index is 12.6. The Kier molecular flexibility index (Phi) is 6.55. The number of nitrogens with zero attached hydrogens (tertiary/aromatic N) is 2. The van der Waals surface area contributed by atoms with E-state index >= 15 is 0 Å². The molecule has 0 radical (unpaired) electrons. The fourth-order valence-electron chi connectivity index (χ4n) is 4.20. The molecular formula is C21H29ClN4O. The molecule has 2 aromatic rings. The Labute approximate surface area is 167 Å². The highest BCUT2D eigenvalue weighted by atomic mass is 35.5. The summed E-state index contributed by atoms with van der Waals surface area (Å²) in [4.78, 5) is 12.6. The molecule has 2 aliphatic rings. The van der Waals surface area contributed by atoms with Crippen LogP contribution in [0, 0.1) is 5.41 Å². The average molecular weight is 389 g/mol. The molecule has 1 aromatic heterocycles. The Morgan fingerprint density at radius 1 is 1.22 bits per heavy atom. The van der Waals surface area contributed by atoms with Gasteiger partial charge in [0.2, 0.25) is 0 Å². The van der Waals surface area contributed by atoms with Crippen molar-refractivity contribution in [3.8, 4) is 0 Å². The smallest absolute Gasteiger partial charge is 0.271 e. The van der Waals surface area contributed by atoms with Crippen LogP contribution >= 0.6 is 12.4 Å². The Bertz CT molecular complexity index is 736. The van der Waals surface area contributed by atoms with Crippen molar-refractivity contribution in [1.29, 1.82) is 0 Å². The molecule has 2 N–H and O–H groups in total. The number of aromatic nitrogens is 2. The molecule has 1 saturated heterocycles. The van der Waals surface area contributed by atoms with Crippen LogP contribution in [0.3, 0.4) is 0 Å². The Morgan fingerprint density at radius 3 is 2.70 bits per heavy atom. The van der Waals surface area contributed by atoms with E-state index < -0.39 is 0 Å². The first-order valence-corrected chi connectivity index (χ1v) is 9.82. The lowest BCUT2D eigenvalue weighted by molar-refractivity contribution is 0.0854. The fourth-order valence-corrected chi connectivity index (χ4v) is 4.20. The summed E-state index contributed by atoms with van der Waals surface area (Å²) in [5, 5.41) is 11.1. The number of carbonyl (C=O) groups is 1. The van der Waals surface area contributed by atoms with Gasteiger partial charge >= 0.3 is 0 Å². The lowest BCUT2D eigenvalue weighted by atomic mass is 9.65. The summed E-state index contributed by atoms with van der Waals surface area (Å²) < 4.78 is 1.95. The van der Waals surface area contributed by atoms with Crippen LogP contribution < -0.4 is 10.6 Å². The third kappa shape index (κ3) is 4.71. The van der Waals surface area contributed by atoms with E-state index in [-0.39, 0.29) is 23.7 Å². The lowest BCUT2D eigenvalue weighted by Crippen LogP contribution is -2.43. The average Bonchev–Trinajstić information content (AvgIpc) is 3.15. The number of piperidine rings is 1. The van der Waals surface area contributed by atoms with E-state index in [0.29, 0.717) is 11.7 Å². The number of halogens is 1. The van der Waals surface area contributed by atoms with E-state index in [2.05, 4.69) is 46.1 Å². The maximum atomic E-state index is 12.6. The standard InChI is InChI=1S/C21H28N4O.ClH/c26-20(19-9-13-25(24-19)18-8-4-12-22-15-18)23-16-21(10-5-11-21)14-17-6-2-1-3-7-17;/h1-3,6-7,9,13,18,22H,4-5,8,10-12,14-16H2,(H,23,26);1H. The van der Waals surface area contributed by atoms with E-state index in [1.54, 1.807) is 0 Å². The second-order valence-corrected chi connectivity index (χ2v) is 7.88.